The number of nitrogens with zero attached hydrogens (tertiary/aromatic N) is 3. The second-order valence-corrected chi connectivity index (χ2v) is 6.69. The molecule has 7 heteroatoms. The molecule has 26 heavy (non-hydrogen) atoms. The minimum atomic E-state index is -0.140. The molecule has 0 aliphatic heterocycles. The fourth-order valence-corrected chi connectivity index (χ4v) is 3.35. The predicted octanol–water partition coefficient (Wildman–Crippen LogP) is 4.36. The summed E-state index contributed by atoms with van der Waals surface area (Å²) < 4.78 is 11.3. The van der Waals surface area contributed by atoms with Gasteiger partial charge >= 0.3 is 0 Å². The normalized spacial score (nSPS) is 10.8. The molecule has 0 fully saturated rings. The molecule has 0 radical (unpaired) electrons. The Morgan fingerprint density at radius 1 is 1.23 bits per heavy atom. The summed E-state index contributed by atoms with van der Waals surface area (Å²) in [4.78, 5) is 12.9. The van der Waals surface area contributed by atoms with E-state index in [0.717, 1.165) is 34.0 Å². The van der Waals surface area contributed by atoms with E-state index in [1.165, 1.54) is 11.5 Å². The van der Waals surface area contributed by atoms with Crippen molar-refractivity contribution >= 4 is 23.1 Å². The zero-order valence-corrected chi connectivity index (χ0v) is 15.1. The number of aromatic nitrogens is 3. The summed E-state index contributed by atoms with van der Waals surface area (Å²) in [5, 5.41) is 7.39. The lowest BCUT2D eigenvalue weighted by molar-refractivity contribution is 0.103. The number of amides is 1. The second kappa shape index (κ2) is 6.61. The van der Waals surface area contributed by atoms with E-state index >= 15 is 0 Å². The van der Waals surface area contributed by atoms with Crippen LogP contribution < -0.4 is 5.32 Å². The molecule has 4 rings (SSSR count). The molecule has 3 aromatic heterocycles. The van der Waals surface area contributed by atoms with Crippen molar-refractivity contribution in [3.63, 3.8) is 0 Å². The number of carbonyl (C=O) groups excluding carboxylic acids is 1. The van der Waals surface area contributed by atoms with Gasteiger partial charge < -0.3 is 9.73 Å². The largest absolute Gasteiger partial charge is 0.463 e. The summed E-state index contributed by atoms with van der Waals surface area (Å²) in [5.74, 6) is 0.592. The van der Waals surface area contributed by atoms with Crippen molar-refractivity contribution < 1.29 is 9.21 Å². The van der Waals surface area contributed by atoms with Crippen LogP contribution in [0.4, 0.5) is 5.69 Å². The van der Waals surface area contributed by atoms with E-state index in [1.54, 1.807) is 12.5 Å². The van der Waals surface area contributed by atoms with Crippen LogP contribution in [0.25, 0.3) is 22.7 Å². The Morgan fingerprint density at radius 2 is 2.04 bits per heavy atom. The summed E-state index contributed by atoms with van der Waals surface area (Å²) >= 11 is 1.20. The highest BCUT2D eigenvalue weighted by Crippen LogP contribution is 2.27. The molecular weight excluding hydrogens is 348 g/mol. The fraction of sp³-hybridized carbons (Fsp3) is 0.105. The summed E-state index contributed by atoms with van der Waals surface area (Å²) in [6.07, 6.45) is 3.33. The van der Waals surface area contributed by atoms with Gasteiger partial charge in [-0.05, 0) is 59.9 Å². The molecule has 0 aliphatic rings. The van der Waals surface area contributed by atoms with Gasteiger partial charge in [-0.25, -0.2) is 4.37 Å². The van der Waals surface area contributed by atoms with Gasteiger partial charge in [0.25, 0.3) is 5.91 Å². The zero-order chi connectivity index (χ0) is 18.1. The lowest BCUT2D eigenvalue weighted by atomic mass is 10.1. The first-order valence-electron chi connectivity index (χ1n) is 8.03. The number of carbonyl (C=O) groups is 1. The number of hydrogen-bond acceptors (Lipinski definition) is 5. The average Bonchev–Trinajstić information content (AvgIpc) is 3.36. The molecule has 0 unspecified atom stereocenters. The van der Waals surface area contributed by atoms with Crippen LogP contribution in [-0.4, -0.2) is 20.1 Å². The van der Waals surface area contributed by atoms with Gasteiger partial charge in [0, 0.05) is 18.9 Å². The molecule has 1 aromatic carbocycles. The van der Waals surface area contributed by atoms with Gasteiger partial charge in [0.1, 0.15) is 10.6 Å². The topological polar surface area (TPSA) is 73.0 Å². The Kier molecular flexibility index (Phi) is 4.14. The standard InChI is InChI=1S/C19H16N4O2S/c1-12-11-20-26-18(12)19(24)21-14-7-5-13(6-8-14)16-10-15(22-23(16)2)17-4-3-9-25-17/h3-11H,1-2H3,(H,21,24). The maximum Gasteiger partial charge on any atom is 0.267 e. The highest BCUT2D eigenvalue weighted by atomic mass is 32.1. The number of aryl methyl sites for hydroxylation is 2. The molecule has 4 aromatic rings. The van der Waals surface area contributed by atoms with Gasteiger partial charge in [-0.2, -0.15) is 5.10 Å². The van der Waals surface area contributed by atoms with Crippen LogP contribution in [0.5, 0.6) is 0 Å². The molecule has 0 saturated carbocycles. The van der Waals surface area contributed by atoms with Gasteiger partial charge in [-0.3, -0.25) is 9.48 Å². The van der Waals surface area contributed by atoms with Crippen LogP contribution in [0.3, 0.4) is 0 Å². The highest BCUT2D eigenvalue weighted by Gasteiger charge is 2.13. The first-order chi connectivity index (χ1) is 12.6. The first kappa shape index (κ1) is 16.3. The first-order valence-corrected chi connectivity index (χ1v) is 8.80. The van der Waals surface area contributed by atoms with Gasteiger partial charge in [-0.1, -0.05) is 12.1 Å². The van der Waals surface area contributed by atoms with Crippen LogP contribution in [0.15, 0.2) is 59.3 Å². The van der Waals surface area contributed by atoms with Crippen molar-refractivity contribution in [2.45, 2.75) is 6.92 Å². The minimum absolute atomic E-state index is 0.140. The van der Waals surface area contributed by atoms with E-state index in [9.17, 15) is 4.79 Å². The number of benzene rings is 1. The third kappa shape index (κ3) is 3.04. The van der Waals surface area contributed by atoms with Crippen molar-refractivity contribution in [2.24, 2.45) is 7.05 Å². The number of nitrogens with one attached hydrogen (secondary N) is 1. The van der Waals surface area contributed by atoms with Crippen LogP contribution >= 0.6 is 11.5 Å². The van der Waals surface area contributed by atoms with Crippen molar-refractivity contribution in [1.29, 1.82) is 0 Å². The predicted molar refractivity (Wildman–Crippen MR) is 101 cm³/mol. The smallest absolute Gasteiger partial charge is 0.267 e. The Bertz CT molecular complexity index is 1050. The average molecular weight is 364 g/mol. The Hall–Kier alpha value is -3.19. The monoisotopic (exact) mass is 364 g/mol. The van der Waals surface area contributed by atoms with E-state index in [-0.39, 0.29) is 5.91 Å². The van der Waals surface area contributed by atoms with Crippen molar-refractivity contribution in [1.82, 2.24) is 14.2 Å². The van der Waals surface area contributed by atoms with Crippen LogP contribution in [0.1, 0.15) is 15.2 Å². The van der Waals surface area contributed by atoms with E-state index in [4.69, 9.17) is 4.42 Å². The number of rotatable bonds is 4. The molecule has 0 atom stereocenters. The third-order valence-electron chi connectivity index (χ3n) is 4.05. The van der Waals surface area contributed by atoms with Crippen LogP contribution in [-0.2, 0) is 7.05 Å². The van der Waals surface area contributed by atoms with Gasteiger partial charge in [-0.15, -0.1) is 0 Å². The maximum absolute atomic E-state index is 12.3. The molecule has 130 valence electrons. The number of hydrogen-bond donors (Lipinski definition) is 1. The summed E-state index contributed by atoms with van der Waals surface area (Å²) in [5.41, 5.74) is 4.37. The number of anilines is 1. The summed E-state index contributed by atoms with van der Waals surface area (Å²) in [6, 6.07) is 13.4. The molecule has 1 amide bonds. The Morgan fingerprint density at radius 3 is 2.69 bits per heavy atom. The van der Waals surface area contributed by atoms with Crippen molar-refractivity contribution in [2.75, 3.05) is 5.32 Å². The van der Waals surface area contributed by atoms with Crippen LogP contribution in [0, 0.1) is 6.92 Å². The Balaban J connectivity index is 1.55. The molecule has 6 nitrogen and oxygen atoms in total. The van der Waals surface area contributed by atoms with E-state index < -0.39 is 0 Å². The summed E-state index contributed by atoms with van der Waals surface area (Å²) in [7, 11) is 1.89. The molecule has 3 heterocycles. The molecule has 0 aliphatic carbocycles. The lowest BCUT2D eigenvalue weighted by Crippen LogP contribution is -2.11. The molecule has 0 saturated heterocycles. The summed E-state index contributed by atoms with van der Waals surface area (Å²) in [6.45, 7) is 1.88. The zero-order valence-electron chi connectivity index (χ0n) is 14.3. The van der Waals surface area contributed by atoms with Gasteiger partial charge in [0.2, 0.25) is 0 Å². The molecule has 0 spiro atoms. The quantitative estimate of drug-likeness (QED) is 0.584. The van der Waals surface area contributed by atoms with E-state index in [0.29, 0.717) is 4.88 Å². The van der Waals surface area contributed by atoms with E-state index in [1.807, 2.05) is 61.1 Å². The lowest BCUT2D eigenvalue weighted by Gasteiger charge is -2.06. The third-order valence-corrected chi connectivity index (χ3v) is 4.95. The minimum Gasteiger partial charge on any atom is -0.463 e. The van der Waals surface area contributed by atoms with E-state index in [2.05, 4.69) is 14.8 Å². The van der Waals surface area contributed by atoms with Crippen molar-refractivity contribution in [3.05, 3.63) is 65.4 Å². The van der Waals surface area contributed by atoms with Gasteiger partial charge in [0.15, 0.2) is 5.76 Å². The van der Waals surface area contributed by atoms with Gasteiger partial charge in [0.05, 0.1) is 12.0 Å². The second-order valence-electron chi connectivity index (χ2n) is 5.89. The molecule has 1 N–H and O–H groups in total. The maximum atomic E-state index is 12.3. The highest BCUT2D eigenvalue weighted by molar-refractivity contribution is 7.08. The van der Waals surface area contributed by atoms with Crippen molar-refractivity contribution in [3.8, 4) is 22.7 Å². The molecule has 0 bridgehead atoms. The van der Waals surface area contributed by atoms with Crippen LogP contribution in [0.2, 0.25) is 0 Å². The fourth-order valence-electron chi connectivity index (χ4n) is 2.70. The molecular formula is C19H16N4O2S. The number of furan rings is 1. The Labute approximate surface area is 154 Å². The SMILES string of the molecule is Cc1cnsc1C(=O)Nc1ccc(-c2cc(-c3ccco3)nn2C)cc1.